The summed E-state index contributed by atoms with van der Waals surface area (Å²) < 4.78 is 12.0. The number of carbonyl (C=O) groups is 1. The molecule has 0 radical (unpaired) electrons. The molecule has 0 spiro atoms. The summed E-state index contributed by atoms with van der Waals surface area (Å²) in [6.07, 6.45) is 1.83. The van der Waals surface area contributed by atoms with Crippen LogP contribution in [0.25, 0.3) is 6.08 Å². The first kappa shape index (κ1) is 16.7. The van der Waals surface area contributed by atoms with Gasteiger partial charge in [0.15, 0.2) is 0 Å². The molecule has 0 amide bonds. The Morgan fingerprint density at radius 1 is 1.27 bits per heavy atom. The number of benzene rings is 1. The van der Waals surface area contributed by atoms with Gasteiger partial charge in [-0.3, -0.25) is 0 Å². The van der Waals surface area contributed by atoms with E-state index in [2.05, 4.69) is 0 Å². The summed E-state index contributed by atoms with van der Waals surface area (Å²) in [7, 11) is -0.525. The zero-order valence-electron chi connectivity index (χ0n) is 13.4. The highest BCUT2D eigenvalue weighted by Crippen LogP contribution is 2.38. The minimum absolute atomic E-state index is 0.235. The van der Waals surface area contributed by atoms with Crippen molar-refractivity contribution in [1.82, 2.24) is 0 Å². The second-order valence-electron chi connectivity index (χ2n) is 6.44. The number of hydrogen-bond acceptors (Lipinski definition) is 4. The lowest BCUT2D eigenvalue weighted by atomic mass is 9.77. The molecular weight excluding hydrogens is 281 g/mol. The maximum atomic E-state index is 11.0. The number of aromatic carboxylic acids is 1. The van der Waals surface area contributed by atoms with Crippen molar-refractivity contribution in [3.05, 3.63) is 40.9 Å². The maximum absolute atomic E-state index is 11.0. The first-order valence-electron chi connectivity index (χ1n) is 7.26. The smallest absolute Gasteiger partial charge is 0.478 e. The van der Waals surface area contributed by atoms with Gasteiger partial charge in [-0.15, -0.1) is 0 Å². The molecule has 0 aromatic heterocycles. The molecular formula is C16H22BNO4. The zero-order chi connectivity index (χ0) is 16.5. The molecule has 1 heterocycles. The van der Waals surface area contributed by atoms with E-state index in [0.717, 1.165) is 11.0 Å². The van der Waals surface area contributed by atoms with Gasteiger partial charge in [0.2, 0.25) is 0 Å². The SMILES string of the molecule is CC1(C)OB(C(=Cc2cccc(C(=O)O)c2)CN)OC1(C)C. The van der Waals surface area contributed by atoms with Crippen LogP contribution in [-0.2, 0) is 9.31 Å². The minimum Gasteiger partial charge on any atom is -0.478 e. The van der Waals surface area contributed by atoms with E-state index < -0.39 is 24.3 Å². The van der Waals surface area contributed by atoms with Gasteiger partial charge in [0, 0.05) is 6.54 Å². The molecule has 0 atom stereocenters. The van der Waals surface area contributed by atoms with Crippen LogP contribution in [0.4, 0.5) is 0 Å². The van der Waals surface area contributed by atoms with E-state index in [-0.39, 0.29) is 12.1 Å². The van der Waals surface area contributed by atoms with Crippen molar-refractivity contribution in [2.75, 3.05) is 6.54 Å². The Morgan fingerprint density at radius 2 is 1.86 bits per heavy atom. The third-order valence-corrected chi connectivity index (χ3v) is 4.28. The average molecular weight is 303 g/mol. The summed E-state index contributed by atoms with van der Waals surface area (Å²) in [5.41, 5.74) is 6.73. The molecule has 0 saturated carbocycles. The van der Waals surface area contributed by atoms with Crippen LogP contribution in [0, 0.1) is 0 Å². The van der Waals surface area contributed by atoms with Gasteiger partial charge >= 0.3 is 13.1 Å². The fourth-order valence-electron chi connectivity index (χ4n) is 2.19. The maximum Gasteiger partial charge on any atom is 0.491 e. The van der Waals surface area contributed by atoms with Gasteiger partial charge in [0.05, 0.1) is 16.8 Å². The van der Waals surface area contributed by atoms with Gasteiger partial charge in [-0.25, -0.2) is 4.79 Å². The van der Waals surface area contributed by atoms with Crippen LogP contribution in [0.3, 0.4) is 0 Å². The molecule has 22 heavy (non-hydrogen) atoms. The number of nitrogens with two attached hydrogens (primary N) is 1. The van der Waals surface area contributed by atoms with Gasteiger partial charge < -0.3 is 20.1 Å². The largest absolute Gasteiger partial charge is 0.491 e. The predicted molar refractivity (Wildman–Crippen MR) is 86.5 cm³/mol. The van der Waals surface area contributed by atoms with Gasteiger partial charge in [-0.1, -0.05) is 18.2 Å². The van der Waals surface area contributed by atoms with E-state index in [1.165, 1.54) is 0 Å². The van der Waals surface area contributed by atoms with E-state index >= 15 is 0 Å². The van der Waals surface area contributed by atoms with Crippen LogP contribution in [0.1, 0.15) is 43.6 Å². The first-order chi connectivity index (χ1) is 10.2. The van der Waals surface area contributed by atoms with Crippen molar-refractivity contribution in [3.8, 4) is 0 Å². The van der Waals surface area contributed by atoms with E-state index in [9.17, 15) is 4.79 Å². The van der Waals surface area contributed by atoms with Crippen LogP contribution >= 0.6 is 0 Å². The summed E-state index contributed by atoms with van der Waals surface area (Å²) in [6.45, 7) is 8.19. The zero-order valence-corrected chi connectivity index (χ0v) is 13.4. The summed E-state index contributed by atoms with van der Waals surface area (Å²) in [5.74, 6) is -0.958. The Hall–Kier alpha value is -1.63. The standard InChI is InChI=1S/C16H22BNO4/c1-15(2)16(3,4)22-17(21-15)13(10-18)9-11-6-5-7-12(8-11)14(19)20/h5-9H,10,18H2,1-4H3,(H,19,20). The average Bonchev–Trinajstić information content (AvgIpc) is 2.65. The summed E-state index contributed by atoms with van der Waals surface area (Å²) in [4.78, 5) is 11.0. The number of hydrogen-bond donors (Lipinski definition) is 2. The molecule has 1 aromatic rings. The summed E-state index contributed by atoms with van der Waals surface area (Å²) in [5, 5.41) is 9.05. The fraction of sp³-hybridized carbons (Fsp3) is 0.438. The Morgan fingerprint density at radius 3 is 2.36 bits per heavy atom. The lowest BCUT2D eigenvalue weighted by Crippen LogP contribution is -2.41. The van der Waals surface area contributed by atoms with Crippen molar-refractivity contribution >= 4 is 19.2 Å². The molecule has 2 rings (SSSR count). The Balaban J connectivity index is 2.29. The Labute approximate surface area is 131 Å². The van der Waals surface area contributed by atoms with Gasteiger partial charge in [-0.2, -0.15) is 0 Å². The van der Waals surface area contributed by atoms with E-state index in [1.54, 1.807) is 18.2 Å². The van der Waals surface area contributed by atoms with Crippen molar-refractivity contribution in [1.29, 1.82) is 0 Å². The van der Waals surface area contributed by atoms with Crippen LogP contribution in [-0.4, -0.2) is 35.9 Å². The van der Waals surface area contributed by atoms with Crippen LogP contribution in [0.15, 0.2) is 29.7 Å². The Bertz CT molecular complexity index is 594. The highest BCUT2D eigenvalue weighted by Gasteiger charge is 2.52. The van der Waals surface area contributed by atoms with Crippen molar-refractivity contribution < 1.29 is 19.2 Å². The number of carboxylic acids is 1. The van der Waals surface area contributed by atoms with E-state index in [1.807, 2.05) is 39.8 Å². The minimum atomic E-state index is -0.958. The third kappa shape index (κ3) is 3.24. The number of carboxylic acid groups (broad SMARTS) is 1. The first-order valence-corrected chi connectivity index (χ1v) is 7.26. The molecule has 118 valence electrons. The van der Waals surface area contributed by atoms with Crippen LogP contribution < -0.4 is 5.73 Å². The van der Waals surface area contributed by atoms with Crippen molar-refractivity contribution in [3.63, 3.8) is 0 Å². The van der Waals surface area contributed by atoms with E-state index in [4.69, 9.17) is 20.1 Å². The second-order valence-corrected chi connectivity index (χ2v) is 6.44. The van der Waals surface area contributed by atoms with Gasteiger partial charge in [-0.05, 0) is 50.9 Å². The summed E-state index contributed by atoms with van der Waals surface area (Å²) in [6, 6.07) is 6.68. The molecule has 5 nitrogen and oxygen atoms in total. The van der Waals surface area contributed by atoms with Crippen molar-refractivity contribution in [2.24, 2.45) is 5.73 Å². The summed E-state index contributed by atoms with van der Waals surface area (Å²) >= 11 is 0. The van der Waals surface area contributed by atoms with E-state index in [0.29, 0.717) is 0 Å². The number of rotatable bonds is 4. The second kappa shape index (κ2) is 5.87. The van der Waals surface area contributed by atoms with Gasteiger partial charge in [0.1, 0.15) is 0 Å². The van der Waals surface area contributed by atoms with Gasteiger partial charge in [0.25, 0.3) is 0 Å². The molecule has 0 unspecified atom stereocenters. The molecule has 1 saturated heterocycles. The third-order valence-electron chi connectivity index (χ3n) is 4.28. The molecule has 0 bridgehead atoms. The molecule has 1 aliphatic heterocycles. The normalized spacial score (nSPS) is 20.2. The quantitative estimate of drug-likeness (QED) is 0.834. The lowest BCUT2D eigenvalue weighted by Gasteiger charge is -2.32. The molecule has 3 N–H and O–H groups in total. The molecule has 1 fully saturated rings. The van der Waals surface area contributed by atoms with Crippen molar-refractivity contribution in [2.45, 2.75) is 38.9 Å². The van der Waals surface area contributed by atoms with Crippen LogP contribution in [0.5, 0.6) is 0 Å². The topological polar surface area (TPSA) is 81.8 Å². The van der Waals surface area contributed by atoms with Crippen LogP contribution in [0.2, 0.25) is 0 Å². The molecule has 0 aliphatic carbocycles. The monoisotopic (exact) mass is 303 g/mol. The fourth-order valence-corrected chi connectivity index (χ4v) is 2.19. The highest BCUT2D eigenvalue weighted by atomic mass is 16.7. The Kier molecular flexibility index (Phi) is 4.47. The predicted octanol–water partition coefficient (Wildman–Crippen LogP) is 2.36. The molecule has 1 aromatic carbocycles. The molecule has 6 heteroatoms. The lowest BCUT2D eigenvalue weighted by molar-refractivity contribution is 0.00578. The highest BCUT2D eigenvalue weighted by molar-refractivity contribution is 6.55. The molecule has 1 aliphatic rings.